The fourth-order valence-corrected chi connectivity index (χ4v) is 7.41. The second-order valence-corrected chi connectivity index (χ2v) is 19.2. The van der Waals surface area contributed by atoms with Gasteiger partial charge in [0.25, 0.3) is 7.82 Å². The van der Waals surface area contributed by atoms with E-state index in [1.54, 1.807) is 6.08 Å². The minimum Gasteiger partial charge on any atom is -0.756 e. The molecule has 0 aromatic carbocycles. The Kier molecular flexibility index (Phi) is 42.3. The third-order valence-corrected chi connectivity index (χ3v) is 11.6. The zero-order chi connectivity index (χ0) is 45.7. The molecular weight excluding hydrogens is 792 g/mol. The molecule has 0 aromatic rings. The Bertz CT molecular complexity index is 1280. The van der Waals surface area contributed by atoms with Crippen LogP contribution in [0.15, 0.2) is 85.1 Å². The van der Waals surface area contributed by atoms with Crippen LogP contribution in [0, 0.1) is 0 Å². The molecule has 358 valence electrons. The highest BCUT2D eigenvalue weighted by Crippen LogP contribution is 2.38. The summed E-state index contributed by atoms with van der Waals surface area (Å²) < 4.78 is 23.2. The van der Waals surface area contributed by atoms with Crippen molar-refractivity contribution < 1.29 is 32.9 Å². The molecule has 0 bridgehead atoms. The number of allylic oxidation sites excluding steroid dienone is 13. The summed E-state index contributed by atoms with van der Waals surface area (Å²) in [5, 5.41) is 13.8. The van der Waals surface area contributed by atoms with Crippen LogP contribution >= 0.6 is 7.82 Å². The van der Waals surface area contributed by atoms with Crippen LogP contribution in [-0.2, 0) is 18.4 Å². The third kappa shape index (κ3) is 45.7. The van der Waals surface area contributed by atoms with Crippen molar-refractivity contribution in [3.05, 3.63) is 85.1 Å². The molecule has 9 heteroatoms. The van der Waals surface area contributed by atoms with E-state index in [2.05, 4.69) is 92.1 Å². The maximum absolute atomic E-state index is 12.9. The van der Waals surface area contributed by atoms with E-state index in [0.717, 1.165) is 83.5 Å². The van der Waals surface area contributed by atoms with Gasteiger partial charge in [0.15, 0.2) is 0 Å². The van der Waals surface area contributed by atoms with E-state index in [-0.39, 0.29) is 19.1 Å². The number of carbonyl (C=O) groups excluding carboxylic acids is 1. The molecule has 3 unspecified atom stereocenters. The van der Waals surface area contributed by atoms with Gasteiger partial charge in [-0.05, 0) is 70.6 Å². The smallest absolute Gasteiger partial charge is 0.268 e. The van der Waals surface area contributed by atoms with Crippen LogP contribution in [0.1, 0.15) is 194 Å². The van der Waals surface area contributed by atoms with E-state index in [1.165, 1.54) is 89.9 Å². The first-order valence-corrected chi connectivity index (χ1v) is 26.4. The van der Waals surface area contributed by atoms with Gasteiger partial charge in [-0.25, -0.2) is 0 Å². The second kappa shape index (κ2) is 43.9. The van der Waals surface area contributed by atoms with Gasteiger partial charge in [0, 0.05) is 6.42 Å². The highest BCUT2D eigenvalue weighted by Gasteiger charge is 2.23. The molecule has 0 aromatic heterocycles. The Labute approximate surface area is 382 Å². The predicted molar refractivity (Wildman–Crippen MR) is 265 cm³/mol. The van der Waals surface area contributed by atoms with Gasteiger partial charge in [-0.3, -0.25) is 9.36 Å². The van der Waals surface area contributed by atoms with E-state index in [0.29, 0.717) is 17.4 Å². The second-order valence-electron chi connectivity index (χ2n) is 17.8. The summed E-state index contributed by atoms with van der Waals surface area (Å²) in [7, 11) is 1.25. The molecule has 2 N–H and O–H groups in total. The number of carbonyl (C=O) groups is 1. The van der Waals surface area contributed by atoms with Gasteiger partial charge >= 0.3 is 0 Å². The van der Waals surface area contributed by atoms with Crippen molar-refractivity contribution in [1.82, 2.24) is 5.32 Å². The summed E-state index contributed by atoms with van der Waals surface area (Å²) in [6, 6.07) is -0.892. The Hall–Kier alpha value is -2.32. The number of likely N-dealkylation sites (N-methyl/N-ethyl adjacent to an activating group) is 1. The first-order chi connectivity index (χ1) is 30.0. The molecule has 62 heavy (non-hydrogen) atoms. The lowest BCUT2D eigenvalue weighted by atomic mass is 10.0. The van der Waals surface area contributed by atoms with Crippen molar-refractivity contribution in [2.24, 2.45) is 0 Å². The number of hydrogen-bond donors (Lipinski definition) is 2. The van der Waals surface area contributed by atoms with Crippen molar-refractivity contribution in [2.75, 3.05) is 40.9 Å². The molecule has 3 atom stereocenters. The summed E-state index contributed by atoms with van der Waals surface area (Å²) in [5.41, 5.74) is 0. The molecule has 0 saturated carbocycles. The molecule has 8 nitrogen and oxygen atoms in total. The number of quaternary nitrogens is 1. The van der Waals surface area contributed by atoms with Gasteiger partial charge in [-0.1, -0.05) is 202 Å². The van der Waals surface area contributed by atoms with Gasteiger partial charge < -0.3 is 28.8 Å². The minimum absolute atomic E-state index is 0.00573. The predicted octanol–water partition coefficient (Wildman–Crippen LogP) is 13.9. The number of amides is 1. The van der Waals surface area contributed by atoms with E-state index in [9.17, 15) is 19.4 Å². The Morgan fingerprint density at radius 2 is 0.984 bits per heavy atom. The molecule has 0 heterocycles. The summed E-state index contributed by atoms with van der Waals surface area (Å²) in [6.07, 6.45) is 60.7. The van der Waals surface area contributed by atoms with Crippen LogP contribution in [0.5, 0.6) is 0 Å². The molecule has 0 aliphatic heterocycles. The summed E-state index contributed by atoms with van der Waals surface area (Å²) in [6.45, 7) is 4.50. The van der Waals surface area contributed by atoms with E-state index < -0.39 is 20.0 Å². The van der Waals surface area contributed by atoms with Crippen LogP contribution in [0.2, 0.25) is 0 Å². The van der Waals surface area contributed by atoms with Gasteiger partial charge in [-0.2, -0.15) is 0 Å². The van der Waals surface area contributed by atoms with Crippen LogP contribution in [0.4, 0.5) is 0 Å². The molecule has 0 aliphatic rings. The number of unbranched alkanes of at least 4 members (excludes halogenated alkanes) is 19. The SMILES string of the molecule is CC/C=C\C/C=C\C/C=C\C/C=C\C/C=C\C/C=C\CCCCCCCCCCCCC(=O)NC(COP(=O)([O-])OCC[N+](C)(C)C)C(O)/C=C/CCCCCCCCCCC. The first-order valence-electron chi connectivity index (χ1n) is 24.9. The van der Waals surface area contributed by atoms with Gasteiger partial charge in [0.1, 0.15) is 13.2 Å². The largest absolute Gasteiger partial charge is 0.756 e. The average molecular weight is 887 g/mol. The van der Waals surface area contributed by atoms with Crippen LogP contribution in [0.3, 0.4) is 0 Å². The van der Waals surface area contributed by atoms with Gasteiger partial charge in [-0.15, -0.1) is 0 Å². The summed E-state index contributed by atoms with van der Waals surface area (Å²) >= 11 is 0. The van der Waals surface area contributed by atoms with Crippen molar-refractivity contribution in [2.45, 2.75) is 206 Å². The normalized spacial score (nSPS) is 14.9. The topological polar surface area (TPSA) is 108 Å². The Morgan fingerprint density at radius 1 is 0.581 bits per heavy atom. The quantitative estimate of drug-likeness (QED) is 0.0273. The lowest BCUT2D eigenvalue weighted by Gasteiger charge is -2.29. The zero-order valence-corrected chi connectivity index (χ0v) is 41.4. The molecule has 0 fully saturated rings. The number of aliphatic hydroxyl groups excluding tert-OH is 1. The van der Waals surface area contributed by atoms with Crippen LogP contribution < -0.4 is 10.2 Å². The van der Waals surface area contributed by atoms with E-state index in [1.807, 2.05) is 27.2 Å². The highest BCUT2D eigenvalue weighted by atomic mass is 31.2. The molecule has 0 radical (unpaired) electrons. The highest BCUT2D eigenvalue weighted by molar-refractivity contribution is 7.45. The van der Waals surface area contributed by atoms with E-state index in [4.69, 9.17) is 9.05 Å². The number of rotatable bonds is 44. The number of nitrogens with one attached hydrogen (secondary N) is 1. The van der Waals surface area contributed by atoms with Crippen molar-refractivity contribution in [3.8, 4) is 0 Å². The first kappa shape index (κ1) is 59.7. The van der Waals surface area contributed by atoms with E-state index >= 15 is 0 Å². The fourth-order valence-electron chi connectivity index (χ4n) is 6.68. The zero-order valence-electron chi connectivity index (χ0n) is 40.5. The summed E-state index contributed by atoms with van der Waals surface area (Å²) in [5.74, 6) is -0.208. The maximum atomic E-state index is 12.9. The molecular formula is C53H95N2O6P. The van der Waals surface area contributed by atoms with Gasteiger partial charge in [0.2, 0.25) is 5.91 Å². The Morgan fingerprint density at radius 3 is 1.44 bits per heavy atom. The third-order valence-electron chi connectivity index (χ3n) is 10.6. The number of nitrogens with zero attached hydrogens (tertiary/aromatic N) is 1. The number of phosphoric ester groups is 1. The van der Waals surface area contributed by atoms with Crippen molar-refractivity contribution >= 4 is 13.7 Å². The van der Waals surface area contributed by atoms with Crippen LogP contribution in [0.25, 0.3) is 0 Å². The number of hydrogen-bond acceptors (Lipinski definition) is 6. The molecule has 0 saturated heterocycles. The standard InChI is InChI=1S/C53H95N2O6P/c1-6-8-10-12-14-16-18-19-20-21-22-23-24-25-26-27-28-29-30-31-32-33-34-35-37-39-41-43-45-47-53(57)54-51(50-61-62(58,59)60-49-48-55(3,4)5)52(56)46-44-42-40-38-36-17-15-13-11-9-7-2/h8,10,14,16,19-20,22-23,25-26,28-29,44,46,51-52,56H,6-7,9,11-13,15,17-18,21,24,27,30-43,45,47-50H2,1-5H3,(H-,54,57,58,59)/b10-8-,16-14-,20-19-,23-22-,26-25-,29-28-,46-44+. The lowest BCUT2D eigenvalue weighted by Crippen LogP contribution is -2.45. The van der Waals surface area contributed by atoms with Crippen molar-refractivity contribution in [3.63, 3.8) is 0 Å². The fraction of sp³-hybridized carbons (Fsp3) is 0.717. The van der Waals surface area contributed by atoms with Crippen molar-refractivity contribution in [1.29, 1.82) is 0 Å². The molecule has 0 aliphatic carbocycles. The summed E-state index contributed by atoms with van der Waals surface area (Å²) in [4.78, 5) is 25.3. The Balaban J connectivity index is 4.19. The van der Waals surface area contributed by atoms with Gasteiger partial charge in [0.05, 0.1) is 39.9 Å². The monoisotopic (exact) mass is 887 g/mol. The molecule has 0 rings (SSSR count). The number of phosphoric acid groups is 1. The minimum atomic E-state index is -4.59. The molecule has 0 spiro atoms. The number of aliphatic hydroxyl groups is 1. The maximum Gasteiger partial charge on any atom is 0.268 e. The van der Waals surface area contributed by atoms with Crippen LogP contribution in [-0.4, -0.2) is 68.5 Å². The lowest BCUT2D eigenvalue weighted by molar-refractivity contribution is -0.870. The average Bonchev–Trinajstić information content (AvgIpc) is 3.23. The molecule has 1 amide bonds.